The minimum atomic E-state index is -0.988. The topological polar surface area (TPSA) is 159 Å². The van der Waals surface area contributed by atoms with Crippen LogP contribution in [0.25, 0.3) is 21.8 Å². The molecule has 3 amide bonds. The van der Waals surface area contributed by atoms with Gasteiger partial charge in [-0.05, 0) is 35.2 Å². The smallest absolute Gasteiger partial charge is 0.243 e. The van der Waals surface area contributed by atoms with Crippen LogP contribution in [-0.4, -0.2) is 45.8 Å². The van der Waals surface area contributed by atoms with Gasteiger partial charge >= 0.3 is 0 Å². The first-order chi connectivity index (χ1) is 19.4. The van der Waals surface area contributed by atoms with E-state index in [4.69, 9.17) is 11.5 Å². The van der Waals surface area contributed by atoms with Crippen LogP contribution in [0.2, 0.25) is 0 Å². The number of nitrogens with two attached hydrogens (primary N) is 2. The number of fused-ring (bicyclic) bond motifs is 2. The molecule has 0 aliphatic carbocycles. The molecule has 0 bridgehead atoms. The van der Waals surface area contributed by atoms with Crippen molar-refractivity contribution in [1.29, 1.82) is 0 Å². The van der Waals surface area contributed by atoms with Gasteiger partial charge < -0.3 is 32.1 Å². The van der Waals surface area contributed by atoms with Crippen molar-refractivity contribution in [3.8, 4) is 0 Å². The van der Waals surface area contributed by atoms with Crippen LogP contribution >= 0.6 is 0 Å². The minimum absolute atomic E-state index is 0.193. The lowest BCUT2D eigenvalue weighted by molar-refractivity contribution is -0.131. The number of nitrogens with one attached hydrogen (secondary N) is 4. The molecule has 3 atom stereocenters. The average molecular weight is 537 g/mol. The Labute approximate surface area is 231 Å². The number of benzene rings is 3. The number of primary amides is 1. The van der Waals surface area contributed by atoms with Crippen molar-refractivity contribution in [2.75, 3.05) is 0 Å². The molecule has 0 spiro atoms. The number of hydrogen-bond acceptors (Lipinski definition) is 4. The van der Waals surface area contributed by atoms with Crippen LogP contribution in [0.3, 0.4) is 0 Å². The van der Waals surface area contributed by atoms with Crippen molar-refractivity contribution in [3.63, 3.8) is 0 Å². The summed E-state index contributed by atoms with van der Waals surface area (Å²) in [7, 11) is 0. The van der Waals surface area contributed by atoms with Crippen molar-refractivity contribution in [3.05, 3.63) is 108 Å². The maximum Gasteiger partial charge on any atom is 0.243 e. The molecule has 0 radical (unpaired) electrons. The van der Waals surface area contributed by atoms with Crippen LogP contribution in [0, 0.1) is 0 Å². The first-order valence-corrected chi connectivity index (χ1v) is 13.2. The summed E-state index contributed by atoms with van der Waals surface area (Å²) in [6, 6.07) is 22.0. The summed E-state index contributed by atoms with van der Waals surface area (Å²) in [6.07, 6.45) is 4.37. The fourth-order valence-electron chi connectivity index (χ4n) is 4.98. The molecule has 0 saturated carbocycles. The molecule has 2 heterocycles. The van der Waals surface area contributed by atoms with Gasteiger partial charge in [0.1, 0.15) is 12.1 Å². The standard InChI is InChI=1S/C31H32N6O3/c32-24(15-20-17-34-25-12-6-4-10-22(20)25)30(39)37-28(16-21-18-35-26-13-7-5-11-23(21)26)31(40)36-27(29(33)38)14-19-8-2-1-3-9-19/h1-13,17-18,24,27-28,34-35H,14-16,32H2,(H2,33,38)(H,36,40)(H,37,39). The maximum atomic E-state index is 13.6. The number of carbonyl (C=O) groups excluding carboxylic acids is 3. The summed E-state index contributed by atoms with van der Waals surface area (Å²) >= 11 is 0. The van der Waals surface area contributed by atoms with E-state index in [0.717, 1.165) is 38.5 Å². The molecule has 204 valence electrons. The van der Waals surface area contributed by atoms with Gasteiger partial charge in [-0.25, -0.2) is 0 Å². The molecular formula is C31H32N6O3. The third-order valence-corrected chi connectivity index (χ3v) is 7.13. The van der Waals surface area contributed by atoms with Gasteiger partial charge in [0.25, 0.3) is 0 Å². The Morgan fingerprint density at radius 1 is 0.650 bits per heavy atom. The largest absolute Gasteiger partial charge is 0.368 e. The van der Waals surface area contributed by atoms with Gasteiger partial charge in [-0.2, -0.15) is 0 Å². The normalized spacial score (nSPS) is 13.5. The van der Waals surface area contributed by atoms with Gasteiger partial charge in [0, 0.05) is 47.0 Å². The second-order valence-corrected chi connectivity index (χ2v) is 9.95. The number of aromatic amines is 2. The quantitative estimate of drug-likeness (QED) is 0.153. The lowest BCUT2D eigenvalue weighted by atomic mass is 10.0. The maximum absolute atomic E-state index is 13.6. The number of para-hydroxylation sites is 2. The molecule has 40 heavy (non-hydrogen) atoms. The summed E-state index contributed by atoms with van der Waals surface area (Å²) in [5.74, 6) is -1.65. The van der Waals surface area contributed by atoms with Crippen LogP contribution in [0.15, 0.2) is 91.3 Å². The summed E-state index contributed by atoms with van der Waals surface area (Å²) in [5.41, 5.74) is 16.5. The van der Waals surface area contributed by atoms with Gasteiger partial charge in [0.2, 0.25) is 17.7 Å². The first-order valence-electron chi connectivity index (χ1n) is 13.2. The summed E-state index contributed by atoms with van der Waals surface area (Å²) in [5, 5.41) is 7.52. The van der Waals surface area contributed by atoms with Gasteiger partial charge in [-0.3, -0.25) is 14.4 Å². The Balaban J connectivity index is 1.35. The van der Waals surface area contributed by atoms with E-state index in [0.29, 0.717) is 0 Å². The van der Waals surface area contributed by atoms with E-state index in [2.05, 4.69) is 20.6 Å². The lowest BCUT2D eigenvalue weighted by Gasteiger charge is -2.23. The van der Waals surface area contributed by atoms with Gasteiger partial charge in [0.05, 0.1) is 6.04 Å². The van der Waals surface area contributed by atoms with Crippen molar-refractivity contribution >= 4 is 39.5 Å². The van der Waals surface area contributed by atoms with Crippen molar-refractivity contribution < 1.29 is 14.4 Å². The molecule has 0 aliphatic rings. The second-order valence-electron chi connectivity index (χ2n) is 9.95. The van der Waals surface area contributed by atoms with E-state index >= 15 is 0 Å². The highest BCUT2D eigenvalue weighted by Crippen LogP contribution is 2.21. The Morgan fingerprint density at radius 2 is 1.18 bits per heavy atom. The van der Waals surface area contributed by atoms with Crippen LogP contribution in [0.4, 0.5) is 0 Å². The molecule has 3 aromatic carbocycles. The van der Waals surface area contributed by atoms with E-state index < -0.39 is 35.8 Å². The molecule has 5 rings (SSSR count). The molecule has 0 saturated heterocycles. The fourth-order valence-corrected chi connectivity index (χ4v) is 4.98. The van der Waals surface area contributed by atoms with Gasteiger partial charge in [-0.15, -0.1) is 0 Å². The average Bonchev–Trinajstić information content (AvgIpc) is 3.57. The molecule has 2 aromatic heterocycles. The van der Waals surface area contributed by atoms with Crippen molar-refractivity contribution in [2.24, 2.45) is 11.5 Å². The van der Waals surface area contributed by atoms with Crippen molar-refractivity contribution in [1.82, 2.24) is 20.6 Å². The minimum Gasteiger partial charge on any atom is -0.368 e. The van der Waals surface area contributed by atoms with Gasteiger partial charge in [0.15, 0.2) is 0 Å². The Hall–Kier alpha value is -4.89. The zero-order chi connectivity index (χ0) is 28.1. The molecular weight excluding hydrogens is 504 g/mol. The second kappa shape index (κ2) is 11.9. The Bertz CT molecular complexity index is 1640. The zero-order valence-corrected chi connectivity index (χ0v) is 21.9. The highest BCUT2D eigenvalue weighted by atomic mass is 16.2. The fraction of sp³-hybridized carbons (Fsp3) is 0.194. The molecule has 3 unspecified atom stereocenters. The SMILES string of the molecule is NC(=O)C(Cc1ccccc1)NC(=O)C(Cc1c[nH]c2ccccc12)NC(=O)C(N)Cc1c[nH]c2ccccc12. The number of hydrogen-bond donors (Lipinski definition) is 6. The van der Waals surface area contributed by atoms with E-state index in [1.165, 1.54) is 0 Å². The summed E-state index contributed by atoms with van der Waals surface area (Å²) in [6.45, 7) is 0. The molecule has 5 aromatic rings. The predicted molar refractivity (Wildman–Crippen MR) is 155 cm³/mol. The number of rotatable bonds is 11. The number of H-pyrrole nitrogens is 2. The number of amides is 3. The third kappa shape index (κ3) is 6.05. The molecule has 0 fully saturated rings. The van der Waals surface area contributed by atoms with E-state index in [-0.39, 0.29) is 19.3 Å². The molecule has 8 N–H and O–H groups in total. The highest BCUT2D eigenvalue weighted by molar-refractivity contribution is 5.94. The van der Waals surface area contributed by atoms with E-state index in [1.54, 1.807) is 0 Å². The lowest BCUT2D eigenvalue weighted by Crippen LogP contribution is -2.56. The summed E-state index contributed by atoms with van der Waals surface area (Å²) in [4.78, 5) is 45.5. The van der Waals surface area contributed by atoms with Gasteiger partial charge in [-0.1, -0.05) is 66.7 Å². The van der Waals surface area contributed by atoms with Crippen LogP contribution < -0.4 is 22.1 Å². The van der Waals surface area contributed by atoms with Crippen molar-refractivity contribution in [2.45, 2.75) is 37.4 Å². The monoisotopic (exact) mass is 536 g/mol. The van der Waals surface area contributed by atoms with Crippen LogP contribution in [-0.2, 0) is 33.6 Å². The Morgan fingerprint density at radius 3 is 1.77 bits per heavy atom. The van der Waals surface area contributed by atoms with Crippen LogP contribution in [0.1, 0.15) is 16.7 Å². The predicted octanol–water partition coefficient (Wildman–Crippen LogP) is 2.46. The van der Waals surface area contributed by atoms with Crippen LogP contribution in [0.5, 0.6) is 0 Å². The highest BCUT2D eigenvalue weighted by Gasteiger charge is 2.29. The summed E-state index contributed by atoms with van der Waals surface area (Å²) < 4.78 is 0. The molecule has 9 nitrogen and oxygen atoms in total. The first kappa shape index (κ1) is 26.7. The van der Waals surface area contributed by atoms with E-state index in [9.17, 15) is 14.4 Å². The molecule has 0 aliphatic heterocycles. The number of carbonyl (C=O) groups is 3. The van der Waals surface area contributed by atoms with E-state index in [1.807, 2.05) is 91.3 Å². The number of aromatic nitrogens is 2. The third-order valence-electron chi connectivity index (χ3n) is 7.13. The zero-order valence-electron chi connectivity index (χ0n) is 21.9. The molecule has 9 heteroatoms. The Kier molecular flexibility index (Phi) is 7.93.